The first-order chi connectivity index (χ1) is 12.1. The molecule has 2 N–H and O–H groups in total. The van der Waals surface area contributed by atoms with Crippen LogP contribution in [-0.2, 0) is 20.7 Å². The van der Waals surface area contributed by atoms with E-state index in [1.807, 2.05) is 30.3 Å². The number of hydrogen-bond donors (Lipinski definition) is 2. The highest BCUT2D eigenvalue weighted by atomic mass is 16.5. The lowest BCUT2D eigenvalue weighted by Gasteiger charge is -2.20. The minimum Gasteiger partial charge on any atom is -0.368 e. The number of hydrogen-bond acceptors (Lipinski definition) is 5. The summed E-state index contributed by atoms with van der Waals surface area (Å²) in [7, 11) is 0. The van der Waals surface area contributed by atoms with Gasteiger partial charge in [-0.25, -0.2) is 0 Å². The Balaban J connectivity index is 1.70. The minimum atomic E-state index is -0.726. The number of amides is 2. The Morgan fingerprint density at radius 3 is 2.76 bits per heavy atom. The Morgan fingerprint density at radius 1 is 1.32 bits per heavy atom. The fourth-order valence-corrected chi connectivity index (χ4v) is 2.75. The average Bonchev–Trinajstić information content (AvgIpc) is 3.27. The summed E-state index contributed by atoms with van der Waals surface area (Å²) in [5.41, 5.74) is 0.951. The zero-order chi connectivity index (χ0) is 17.6. The van der Waals surface area contributed by atoms with Gasteiger partial charge >= 0.3 is 0 Å². The SMILES string of the molecule is Cc1cc(NC(=O)C(Cc2ccccc2)NC(=O)C2CCCO2)no1. The summed E-state index contributed by atoms with van der Waals surface area (Å²) in [6, 6.07) is 10.4. The van der Waals surface area contributed by atoms with E-state index in [-0.39, 0.29) is 11.8 Å². The normalized spacial score (nSPS) is 17.9. The average molecular weight is 343 g/mol. The molecule has 2 amide bonds. The van der Waals surface area contributed by atoms with Crippen molar-refractivity contribution in [1.82, 2.24) is 10.5 Å². The lowest BCUT2D eigenvalue weighted by molar-refractivity contribution is -0.133. The summed E-state index contributed by atoms with van der Waals surface area (Å²) in [4.78, 5) is 25.0. The minimum absolute atomic E-state index is 0.259. The molecule has 7 heteroatoms. The van der Waals surface area contributed by atoms with Gasteiger partial charge in [0.05, 0.1) is 0 Å². The monoisotopic (exact) mass is 343 g/mol. The highest BCUT2D eigenvalue weighted by Crippen LogP contribution is 2.14. The molecule has 0 spiro atoms. The predicted molar refractivity (Wildman–Crippen MR) is 90.9 cm³/mol. The van der Waals surface area contributed by atoms with Crippen molar-refractivity contribution in [1.29, 1.82) is 0 Å². The van der Waals surface area contributed by atoms with Crippen LogP contribution in [0.25, 0.3) is 0 Å². The second-order valence-electron chi connectivity index (χ2n) is 6.06. The number of aryl methyl sites for hydroxylation is 1. The van der Waals surface area contributed by atoms with Crippen molar-refractivity contribution in [3.63, 3.8) is 0 Å². The van der Waals surface area contributed by atoms with E-state index < -0.39 is 12.1 Å². The smallest absolute Gasteiger partial charge is 0.249 e. The van der Waals surface area contributed by atoms with E-state index in [4.69, 9.17) is 9.26 Å². The largest absolute Gasteiger partial charge is 0.368 e. The molecule has 0 radical (unpaired) electrons. The van der Waals surface area contributed by atoms with Crippen LogP contribution in [0, 0.1) is 6.92 Å². The molecule has 0 aliphatic carbocycles. The van der Waals surface area contributed by atoms with Crippen LogP contribution >= 0.6 is 0 Å². The molecule has 1 aliphatic heterocycles. The van der Waals surface area contributed by atoms with Crippen molar-refractivity contribution in [2.75, 3.05) is 11.9 Å². The fourth-order valence-electron chi connectivity index (χ4n) is 2.75. The molecule has 1 fully saturated rings. The zero-order valence-electron chi connectivity index (χ0n) is 14.0. The number of nitrogens with one attached hydrogen (secondary N) is 2. The third kappa shape index (κ3) is 4.67. The molecule has 2 atom stereocenters. The standard InChI is InChI=1S/C18H21N3O4/c1-12-10-16(21-25-12)20-17(22)14(11-13-6-3-2-4-7-13)19-18(23)15-8-5-9-24-15/h2-4,6-7,10,14-15H,5,8-9,11H2,1H3,(H,19,23)(H,20,21,22). The van der Waals surface area contributed by atoms with E-state index in [2.05, 4.69) is 15.8 Å². The molecule has 1 saturated heterocycles. The van der Waals surface area contributed by atoms with Crippen molar-refractivity contribution >= 4 is 17.6 Å². The van der Waals surface area contributed by atoms with Crippen LogP contribution in [0.5, 0.6) is 0 Å². The zero-order valence-corrected chi connectivity index (χ0v) is 14.0. The number of nitrogens with zero attached hydrogens (tertiary/aromatic N) is 1. The molecular formula is C18H21N3O4. The van der Waals surface area contributed by atoms with E-state index in [0.29, 0.717) is 31.0 Å². The van der Waals surface area contributed by atoms with Crippen molar-refractivity contribution in [2.24, 2.45) is 0 Å². The number of carbonyl (C=O) groups is 2. The number of aromatic nitrogens is 1. The van der Waals surface area contributed by atoms with Gasteiger partial charge in [0.25, 0.3) is 0 Å². The van der Waals surface area contributed by atoms with Gasteiger partial charge in [-0.15, -0.1) is 0 Å². The highest BCUT2D eigenvalue weighted by Gasteiger charge is 2.28. The van der Waals surface area contributed by atoms with Gasteiger partial charge in [0.1, 0.15) is 17.9 Å². The number of ether oxygens (including phenoxy) is 1. The quantitative estimate of drug-likeness (QED) is 0.834. The molecule has 1 aliphatic rings. The summed E-state index contributed by atoms with van der Waals surface area (Å²) in [5, 5.41) is 9.24. The Kier molecular flexibility index (Phi) is 5.45. The Hall–Kier alpha value is -2.67. The van der Waals surface area contributed by atoms with E-state index in [1.165, 1.54) is 0 Å². The number of anilines is 1. The first kappa shape index (κ1) is 17.2. The van der Waals surface area contributed by atoms with Gasteiger partial charge < -0.3 is 19.9 Å². The molecule has 132 valence electrons. The van der Waals surface area contributed by atoms with Crippen molar-refractivity contribution in [3.8, 4) is 0 Å². The second-order valence-corrected chi connectivity index (χ2v) is 6.06. The molecule has 2 heterocycles. The Bertz CT molecular complexity index is 723. The molecule has 0 saturated carbocycles. The van der Waals surface area contributed by atoms with Crippen molar-refractivity contribution in [3.05, 3.63) is 47.7 Å². The van der Waals surface area contributed by atoms with Gasteiger partial charge in [0.2, 0.25) is 11.8 Å². The van der Waals surface area contributed by atoms with Crippen LogP contribution in [0.3, 0.4) is 0 Å². The molecule has 1 aromatic heterocycles. The lowest BCUT2D eigenvalue weighted by atomic mass is 10.0. The van der Waals surface area contributed by atoms with Gasteiger partial charge in [0.15, 0.2) is 5.82 Å². The van der Waals surface area contributed by atoms with Crippen LogP contribution < -0.4 is 10.6 Å². The van der Waals surface area contributed by atoms with E-state index in [9.17, 15) is 9.59 Å². The molecule has 3 rings (SSSR count). The van der Waals surface area contributed by atoms with Crippen LogP contribution in [0.1, 0.15) is 24.2 Å². The predicted octanol–water partition coefficient (Wildman–Crippen LogP) is 1.83. The van der Waals surface area contributed by atoms with Gasteiger partial charge in [-0.1, -0.05) is 35.5 Å². The van der Waals surface area contributed by atoms with Crippen LogP contribution in [0.15, 0.2) is 40.9 Å². The molecule has 2 aromatic rings. The summed E-state index contributed by atoms with van der Waals surface area (Å²) < 4.78 is 10.3. The maximum Gasteiger partial charge on any atom is 0.249 e. The molecule has 1 aromatic carbocycles. The summed E-state index contributed by atoms with van der Waals surface area (Å²) in [5.74, 6) is 0.318. The Morgan fingerprint density at radius 2 is 2.12 bits per heavy atom. The third-order valence-electron chi connectivity index (χ3n) is 4.02. The van der Waals surface area contributed by atoms with Crippen LogP contribution in [-0.4, -0.2) is 35.7 Å². The molecule has 2 unspecified atom stereocenters. The van der Waals surface area contributed by atoms with Gasteiger partial charge in [-0.05, 0) is 25.3 Å². The first-order valence-electron chi connectivity index (χ1n) is 8.32. The van der Waals surface area contributed by atoms with E-state index in [0.717, 1.165) is 12.0 Å². The Labute approximate surface area is 145 Å². The fraction of sp³-hybridized carbons (Fsp3) is 0.389. The molecule has 0 bridgehead atoms. The topological polar surface area (TPSA) is 93.5 Å². The number of rotatable bonds is 6. The molecular weight excluding hydrogens is 322 g/mol. The highest BCUT2D eigenvalue weighted by molar-refractivity contribution is 5.97. The van der Waals surface area contributed by atoms with Gasteiger partial charge in [0, 0.05) is 19.1 Å². The number of carbonyl (C=O) groups excluding carboxylic acids is 2. The van der Waals surface area contributed by atoms with Crippen LogP contribution in [0.2, 0.25) is 0 Å². The summed E-state index contributed by atoms with van der Waals surface area (Å²) >= 11 is 0. The van der Waals surface area contributed by atoms with Crippen molar-refractivity contribution in [2.45, 2.75) is 38.3 Å². The number of benzene rings is 1. The van der Waals surface area contributed by atoms with Gasteiger partial charge in [-0.2, -0.15) is 0 Å². The summed E-state index contributed by atoms with van der Waals surface area (Å²) in [6.45, 7) is 2.31. The maximum absolute atomic E-state index is 12.6. The first-order valence-corrected chi connectivity index (χ1v) is 8.32. The molecule has 7 nitrogen and oxygen atoms in total. The van der Waals surface area contributed by atoms with Gasteiger partial charge in [-0.3, -0.25) is 9.59 Å². The van der Waals surface area contributed by atoms with Crippen molar-refractivity contribution < 1.29 is 18.8 Å². The maximum atomic E-state index is 12.6. The van der Waals surface area contributed by atoms with E-state index >= 15 is 0 Å². The van der Waals surface area contributed by atoms with Crippen LogP contribution in [0.4, 0.5) is 5.82 Å². The second kappa shape index (κ2) is 7.94. The van der Waals surface area contributed by atoms with E-state index in [1.54, 1.807) is 13.0 Å². The summed E-state index contributed by atoms with van der Waals surface area (Å²) in [6.07, 6.45) is 1.42. The lowest BCUT2D eigenvalue weighted by Crippen LogP contribution is -2.48. The third-order valence-corrected chi connectivity index (χ3v) is 4.02. The molecule has 25 heavy (non-hydrogen) atoms.